The molecule has 0 aliphatic rings. The van der Waals surface area contributed by atoms with Gasteiger partial charge in [0.05, 0.1) is 5.56 Å². The number of phenolic OH excluding ortho intramolecular Hbond substituents is 1. The van der Waals surface area contributed by atoms with Gasteiger partial charge in [0.2, 0.25) is 0 Å². The lowest BCUT2D eigenvalue weighted by Gasteiger charge is -2.16. The Bertz CT molecular complexity index is 656. The fourth-order valence-electron chi connectivity index (χ4n) is 1.92. The second-order valence-electron chi connectivity index (χ2n) is 4.70. The fourth-order valence-corrected chi connectivity index (χ4v) is 1.92. The molecule has 1 amide bonds. The normalized spacial score (nSPS) is 10.2. The minimum Gasteiger partial charge on any atom is -0.507 e. The van der Waals surface area contributed by atoms with Crippen LogP contribution in [0, 0.1) is 0 Å². The molecule has 2 N–H and O–H groups in total. The zero-order chi connectivity index (χ0) is 15.4. The van der Waals surface area contributed by atoms with Crippen molar-refractivity contribution in [2.75, 3.05) is 25.5 Å². The molecule has 0 unspecified atom stereocenters. The standard InChI is InChI=1S/C15H18N4O2/c1-4-16-15(21)11-9-17-13(18-14(11)19(2)3)10-7-5-6-8-12(10)20/h5-9,20H,4H2,1-3H3,(H,16,21). The number of aromatic nitrogens is 2. The Morgan fingerprint density at radius 2 is 2.05 bits per heavy atom. The summed E-state index contributed by atoms with van der Waals surface area (Å²) in [7, 11) is 3.61. The molecule has 6 heteroatoms. The molecule has 0 atom stereocenters. The van der Waals surface area contributed by atoms with Crippen molar-refractivity contribution in [2.45, 2.75) is 6.92 Å². The summed E-state index contributed by atoms with van der Waals surface area (Å²) in [5.41, 5.74) is 0.934. The maximum atomic E-state index is 12.0. The van der Waals surface area contributed by atoms with Crippen molar-refractivity contribution in [2.24, 2.45) is 0 Å². The first-order chi connectivity index (χ1) is 10.0. The summed E-state index contributed by atoms with van der Waals surface area (Å²) >= 11 is 0. The molecular formula is C15H18N4O2. The zero-order valence-corrected chi connectivity index (χ0v) is 12.3. The van der Waals surface area contributed by atoms with Crippen LogP contribution in [0.15, 0.2) is 30.5 Å². The highest BCUT2D eigenvalue weighted by molar-refractivity contribution is 5.98. The Hall–Kier alpha value is -2.63. The molecule has 0 saturated carbocycles. The van der Waals surface area contributed by atoms with Gasteiger partial charge in [0, 0.05) is 26.8 Å². The SMILES string of the molecule is CCNC(=O)c1cnc(-c2ccccc2O)nc1N(C)C. The van der Waals surface area contributed by atoms with E-state index >= 15 is 0 Å². The highest BCUT2D eigenvalue weighted by atomic mass is 16.3. The molecule has 0 radical (unpaired) electrons. The number of amides is 1. The number of carbonyl (C=O) groups excluding carboxylic acids is 1. The van der Waals surface area contributed by atoms with Gasteiger partial charge in [-0.05, 0) is 19.1 Å². The van der Waals surface area contributed by atoms with Crippen LogP contribution in [0.25, 0.3) is 11.4 Å². The summed E-state index contributed by atoms with van der Waals surface area (Å²) in [6.45, 7) is 2.39. The first-order valence-corrected chi connectivity index (χ1v) is 6.65. The molecule has 21 heavy (non-hydrogen) atoms. The van der Waals surface area contributed by atoms with Crippen molar-refractivity contribution in [3.8, 4) is 17.1 Å². The third kappa shape index (κ3) is 3.10. The van der Waals surface area contributed by atoms with Crippen molar-refractivity contribution in [3.63, 3.8) is 0 Å². The van der Waals surface area contributed by atoms with Crippen LogP contribution in [-0.4, -0.2) is 41.6 Å². The predicted octanol–water partition coefficient (Wildman–Crippen LogP) is 1.66. The van der Waals surface area contributed by atoms with Crippen LogP contribution in [0.1, 0.15) is 17.3 Å². The molecule has 1 aromatic heterocycles. The quantitative estimate of drug-likeness (QED) is 0.893. The smallest absolute Gasteiger partial charge is 0.256 e. The second kappa shape index (κ2) is 6.21. The summed E-state index contributed by atoms with van der Waals surface area (Å²) in [6, 6.07) is 6.84. The number of phenols is 1. The van der Waals surface area contributed by atoms with Gasteiger partial charge < -0.3 is 15.3 Å². The number of aromatic hydroxyl groups is 1. The lowest BCUT2D eigenvalue weighted by atomic mass is 10.2. The van der Waals surface area contributed by atoms with Gasteiger partial charge in [-0.15, -0.1) is 0 Å². The predicted molar refractivity (Wildman–Crippen MR) is 81.5 cm³/mol. The molecule has 0 fully saturated rings. The molecule has 0 aliphatic carbocycles. The van der Waals surface area contributed by atoms with Gasteiger partial charge in [-0.2, -0.15) is 0 Å². The minimum atomic E-state index is -0.218. The van der Waals surface area contributed by atoms with E-state index in [1.54, 1.807) is 43.3 Å². The van der Waals surface area contributed by atoms with Gasteiger partial charge in [0.15, 0.2) is 5.82 Å². The Labute approximate surface area is 123 Å². The van der Waals surface area contributed by atoms with Crippen LogP contribution < -0.4 is 10.2 Å². The first-order valence-electron chi connectivity index (χ1n) is 6.65. The number of nitrogens with one attached hydrogen (secondary N) is 1. The molecule has 0 saturated heterocycles. The van der Waals surface area contributed by atoms with Crippen LogP contribution in [0.3, 0.4) is 0 Å². The van der Waals surface area contributed by atoms with Crippen LogP contribution in [0.2, 0.25) is 0 Å². The van der Waals surface area contributed by atoms with Crippen molar-refractivity contribution in [1.29, 1.82) is 0 Å². The Morgan fingerprint density at radius 1 is 1.33 bits per heavy atom. The molecule has 2 rings (SSSR count). The highest BCUT2D eigenvalue weighted by Crippen LogP contribution is 2.27. The number of para-hydroxylation sites is 1. The second-order valence-corrected chi connectivity index (χ2v) is 4.70. The Balaban J connectivity index is 2.51. The van der Waals surface area contributed by atoms with Gasteiger partial charge in [-0.25, -0.2) is 9.97 Å². The fraction of sp³-hybridized carbons (Fsp3) is 0.267. The topological polar surface area (TPSA) is 78.3 Å². The Morgan fingerprint density at radius 3 is 2.67 bits per heavy atom. The van der Waals surface area contributed by atoms with Gasteiger partial charge in [0.25, 0.3) is 5.91 Å². The minimum absolute atomic E-state index is 0.105. The molecule has 1 heterocycles. The van der Waals surface area contributed by atoms with E-state index in [9.17, 15) is 9.90 Å². The largest absolute Gasteiger partial charge is 0.507 e. The van der Waals surface area contributed by atoms with Gasteiger partial charge in [-0.1, -0.05) is 12.1 Å². The number of carbonyl (C=O) groups is 1. The van der Waals surface area contributed by atoms with Crippen LogP contribution in [0.5, 0.6) is 5.75 Å². The number of rotatable bonds is 4. The van der Waals surface area contributed by atoms with Gasteiger partial charge in [-0.3, -0.25) is 4.79 Å². The third-order valence-electron chi connectivity index (χ3n) is 2.92. The number of hydrogen-bond donors (Lipinski definition) is 2. The maximum absolute atomic E-state index is 12.0. The average Bonchev–Trinajstić information content (AvgIpc) is 2.47. The molecule has 110 valence electrons. The molecule has 6 nitrogen and oxygen atoms in total. The lowest BCUT2D eigenvalue weighted by Crippen LogP contribution is -2.26. The molecular weight excluding hydrogens is 268 g/mol. The van der Waals surface area contributed by atoms with Crippen LogP contribution >= 0.6 is 0 Å². The molecule has 1 aromatic carbocycles. The lowest BCUT2D eigenvalue weighted by molar-refractivity contribution is 0.0955. The first kappa shape index (κ1) is 14.8. The van der Waals surface area contributed by atoms with E-state index in [1.807, 2.05) is 6.92 Å². The summed E-state index contributed by atoms with van der Waals surface area (Å²) in [5.74, 6) is 0.775. The van der Waals surface area contributed by atoms with E-state index in [0.717, 1.165) is 0 Å². The van der Waals surface area contributed by atoms with E-state index in [-0.39, 0.29) is 11.7 Å². The zero-order valence-electron chi connectivity index (χ0n) is 12.3. The molecule has 0 bridgehead atoms. The summed E-state index contributed by atoms with van der Waals surface area (Å²) in [6.07, 6.45) is 1.48. The van der Waals surface area contributed by atoms with Crippen molar-refractivity contribution in [3.05, 3.63) is 36.0 Å². The van der Waals surface area contributed by atoms with Gasteiger partial charge in [0.1, 0.15) is 17.1 Å². The van der Waals surface area contributed by atoms with E-state index in [4.69, 9.17) is 0 Å². The van der Waals surface area contributed by atoms with E-state index in [2.05, 4.69) is 15.3 Å². The Kier molecular flexibility index (Phi) is 4.37. The van der Waals surface area contributed by atoms with Crippen LogP contribution in [-0.2, 0) is 0 Å². The van der Waals surface area contributed by atoms with Crippen molar-refractivity contribution in [1.82, 2.24) is 15.3 Å². The van der Waals surface area contributed by atoms with Gasteiger partial charge >= 0.3 is 0 Å². The highest BCUT2D eigenvalue weighted by Gasteiger charge is 2.17. The third-order valence-corrected chi connectivity index (χ3v) is 2.92. The number of benzene rings is 1. The van der Waals surface area contributed by atoms with Crippen LogP contribution in [0.4, 0.5) is 5.82 Å². The number of nitrogens with zero attached hydrogens (tertiary/aromatic N) is 3. The van der Waals surface area contributed by atoms with E-state index in [0.29, 0.717) is 29.3 Å². The number of hydrogen-bond acceptors (Lipinski definition) is 5. The van der Waals surface area contributed by atoms with Crippen molar-refractivity contribution < 1.29 is 9.90 Å². The molecule has 0 aliphatic heterocycles. The van der Waals surface area contributed by atoms with E-state index in [1.165, 1.54) is 6.20 Å². The maximum Gasteiger partial charge on any atom is 0.256 e. The van der Waals surface area contributed by atoms with Crippen molar-refractivity contribution >= 4 is 11.7 Å². The summed E-state index contributed by atoms with van der Waals surface area (Å²) in [5, 5.41) is 12.6. The van der Waals surface area contributed by atoms with E-state index < -0.39 is 0 Å². The molecule has 2 aromatic rings. The molecule has 0 spiro atoms. The monoisotopic (exact) mass is 286 g/mol. The summed E-state index contributed by atoms with van der Waals surface area (Å²) < 4.78 is 0. The summed E-state index contributed by atoms with van der Waals surface area (Å²) in [4.78, 5) is 22.4. The number of anilines is 1. The average molecular weight is 286 g/mol.